The van der Waals surface area contributed by atoms with Crippen LogP contribution in [0.5, 0.6) is 11.5 Å². The summed E-state index contributed by atoms with van der Waals surface area (Å²) in [7, 11) is 1.59. The normalized spacial score (nSPS) is 18.3. The van der Waals surface area contributed by atoms with Gasteiger partial charge in [-0.25, -0.2) is 0 Å². The average Bonchev–Trinajstić information content (AvgIpc) is 3.00. The maximum absolute atomic E-state index is 10.3. The molecule has 0 amide bonds. The summed E-state index contributed by atoms with van der Waals surface area (Å²) in [6.07, 6.45) is 4.92. The van der Waals surface area contributed by atoms with Crippen LogP contribution in [0.15, 0.2) is 18.2 Å². The minimum absolute atomic E-state index is 0.279. The Morgan fingerprint density at radius 3 is 2.95 bits per heavy atom. The first-order valence-electron chi connectivity index (χ1n) is 8.05. The molecule has 0 aliphatic carbocycles. The molecule has 2 N–H and O–H groups in total. The molecule has 4 heteroatoms. The van der Waals surface area contributed by atoms with E-state index in [1.807, 2.05) is 12.1 Å². The summed E-state index contributed by atoms with van der Waals surface area (Å²) in [4.78, 5) is 2.45. The zero-order valence-electron chi connectivity index (χ0n) is 13.3. The van der Waals surface area contributed by atoms with Gasteiger partial charge in [0.1, 0.15) is 0 Å². The van der Waals surface area contributed by atoms with E-state index in [-0.39, 0.29) is 5.75 Å². The summed E-state index contributed by atoms with van der Waals surface area (Å²) in [5.74, 6) is 0.836. The number of nitrogens with zero attached hydrogens (tertiary/aromatic N) is 1. The first-order chi connectivity index (χ1) is 10.2. The number of rotatable bonds is 8. The molecule has 118 valence electrons. The molecule has 1 saturated heterocycles. The minimum atomic E-state index is 0.279. The van der Waals surface area contributed by atoms with Gasteiger partial charge in [-0.15, -0.1) is 0 Å². The van der Waals surface area contributed by atoms with Crippen LogP contribution in [0, 0.1) is 0 Å². The van der Waals surface area contributed by atoms with Gasteiger partial charge < -0.3 is 15.2 Å². The van der Waals surface area contributed by atoms with E-state index in [0.29, 0.717) is 11.8 Å². The third-order valence-corrected chi connectivity index (χ3v) is 4.17. The van der Waals surface area contributed by atoms with Gasteiger partial charge in [-0.3, -0.25) is 4.90 Å². The van der Waals surface area contributed by atoms with Crippen molar-refractivity contribution in [2.45, 2.75) is 45.2 Å². The Morgan fingerprint density at radius 2 is 2.29 bits per heavy atom. The molecule has 21 heavy (non-hydrogen) atoms. The lowest BCUT2D eigenvalue weighted by Crippen LogP contribution is -2.37. The summed E-state index contributed by atoms with van der Waals surface area (Å²) in [6.45, 7) is 6.26. The summed E-state index contributed by atoms with van der Waals surface area (Å²) < 4.78 is 5.20. The van der Waals surface area contributed by atoms with Gasteiger partial charge in [-0.2, -0.15) is 0 Å². The molecule has 1 aromatic rings. The van der Waals surface area contributed by atoms with Crippen molar-refractivity contribution in [3.8, 4) is 11.5 Å². The highest BCUT2D eigenvalue weighted by Crippen LogP contribution is 2.30. The molecular formula is C17H28N2O2. The number of nitrogens with one attached hydrogen (secondary N) is 1. The zero-order valence-corrected chi connectivity index (χ0v) is 13.3. The Bertz CT molecular complexity index is 431. The highest BCUT2D eigenvalue weighted by molar-refractivity contribution is 5.45. The average molecular weight is 292 g/mol. The molecule has 0 radical (unpaired) electrons. The van der Waals surface area contributed by atoms with Crippen LogP contribution >= 0.6 is 0 Å². The topological polar surface area (TPSA) is 44.7 Å². The van der Waals surface area contributed by atoms with E-state index in [9.17, 15) is 5.11 Å². The number of hydrogen-bond donors (Lipinski definition) is 2. The van der Waals surface area contributed by atoms with Crippen LogP contribution in [0.3, 0.4) is 0 Å². The number of para-hydroxylation sites is 1. The Morgan fingerprint density at radius 1 is 1.43 bits per heavy atom. The number of benzene rings is 1. The first-order valence-corrected chi connectivity index (χ1v) is 8.05. The van der Waals surface area contributed by atoms with Crippen LogP contribution in [-0.4, -0.2) is 42.8 Å². The van der Waals surface area contributed by atoms with E-state index in [1.165, 1.54) is 25.7 Å². The summed E-state index contributed by atoms with van der Waals surface area (Å²) in [5.41, 5.74) is 0.948. The molecule has 0 spiro atoms. The number of methoxy groups -OCH3 is 1. The van der Waals surface area contributed by atoms with E-state index in [2.05, 4.69) is 17.1 Å². The van der Waals surface area contributed by atoms with Crippen molar-refractivity contribution in [3.63, 3.8) is 0 Å². The predicted octanol–water partition coefficient (Wildman–Crippen LogP) is 2.75. The SMILES string of the molecule is CCCCN(Cc1cccc(OC)c1O)CC1CCCN1. The molecule has 4 nitrogen and oxygen atoms in total. The van der Waals surface area contributed by atoms with Gasteiger partial charge in [0.05, 0.1) is 7.11 Å². The summed E-state index contributed by atoms with van der Waals surface area (Å²) >= 11 is 0. The van der Waals surface area contributed by atoms with Crippen LogP contribution in [0.1, 0.15) is 38.2 Å². The molecule has 0 saturated carbocycles. The Labute approximate surface area is 128 Å². The van der Waals surface area contributed by atoms with Crippen molar-refractivity contribution in [2.75, 3.05) is 26.7 Å². The molecule has 1 fully saturated rings. The smallest absolute Gasteiger partial charge is 0.162 e. The Balaban J connectivity index is 2.02. The van der Waals surface area contributed by atoms with Gasteiger partial charge >= 0.3 is 0 Å². The number of aromatic hydroxyl groups is 1. The molecule has 1 aromatic carbocycles. The highest BCUT2D eigenvalue weighted by atomic mass is 16.5. The molecule has 0 bridgehead atoms. The molecule has 1 aliphatic rings. The molecule has 0 aromatic heterocycles. The fourth-order valence-corrected chi connectivity index (χ4v) is 2.94. The van der Waals surface area contributed by atoms with Crippen LogP contribution < -0.4 is 10.1 Å². The molecule has 1 atom stereocenters. The number of phenols is 1. The number of phenolic OH excluding ortho intramolecular Hbond substituents is 1. The van der Waals surface area contributed by atoms with E-state index in [0.717, 1.165) is 31.7 Å². The molecule has 2 rings (SSSR count). The van der Waals surface area contributed by atoms with E-state index < -0.39 is 0 Å². The van der Waals surface area contributed by atoms with Gasteiger partial charge in [0.25, 0.3) is 0 Å². The van der Waals surface area contributed by atoms with Crippen LogP contribution in [0.4, 0.5) is 0 Å². The van der Waals surface area contributed by atoms with Crippen molar-refractivity contribution in [1.29, 1.82) is 0 Å². The largest absolute Gasteiger partial charge is 0.504 e. The van der Waals surface area contributed by atoms with Crippen molar-refractivity contribution in [1.82, 2.24) is 10.2 Å². The van der Waals surface area contributed by atoms with E-state index in [4.69, 9.17) is 4.74 Å². The zero-order chi connectivity index (χ0) is 15.1. The molecule has 1 aliphatic heterocycles. The lowest BCUT2D eigenvalue weighted by Gasteiger charge is -2.26. The lowest BCUT2D eigenvalue weighted by atomic mass is 10.1. The van der Waals surface area contributed by atoms with Crippen LogP contribution in [-0.2, 0) is 6.54 Å². The van der Waals surface area contributed by atoms with E-state index in [1.54, 1.807) is 13.2 Å². The maximum atomic E-state index is 10.3. The second-order valence-corrected chi connectivity index (χ2v) is 5.85. The Kier molecular flexibility index (Phi) is 6.33. The Hall–Kier alpha value is -1.26. The molecule has 1 unspecified atom stereocenters. The third kappa shape index (κ3) is 4.61. The van der Waals surface area contributed by atoms with Gasteiger partial charge in [0.15, 0.2) is 11.5 Å². The molecule has 1 heterocycles. The van der Waals surface area contributed by atoms with Crippen LogP contribution in [0.2, 0.25) is 0 Å². The number of unbranched alkanes of at least 4 members (excludes halogenated alkanes) is 1. The fourth-order valence-electron chi connectivity index (χ4n) is 2.94. The van der Waals surface area contributed by atoms with Crippen LogP contribution in [0.25, 0.3) is 0 Å². The maximum Gasteiger partial charge on any atom is 0.162 e. The van der Waals surface area contributed by atoms with Crippen molar-refractivity contribution >= 4 is 0 Å². The van der Waals surface area contributed by atoms with Crippen molar-refractivity contribution in [2.24, 2.45) is 0 Å². The van der Waals surface area contributed by atoms with Crippen molar-refractivity contribution in [3.05, 3.63) is 23.8 Å². The van der Waals surface area contributed by atoms with E-state index >= 15 is 0 Å². The van der Waals surface area contributed by atoms with Gasteiger partial charge in [0.2, 0.25) is 0 Å². The second kappa shape index (κ2) is 8.25. The fraction of sp³-hybridized carbons (Fsp3) is 0.647. The number of ether oxygens (including phenoxy) is 1. The van der Waals surface area contributed by atoms with Gasteiger partial charge in [-0.05, 0) is 38.4 Å². The summed E-state index contributed by atoms with van der Waals surface area (Å²) in [5, 5.41) is 13.8. The molecular weight excluding hydrogens is 264 g/mol. The quantitative estimate of drug-likeness (QED) is 0.773. The lowest BCUT2D eigenvalue weighted by molar-refractivity contribution is 0.234. The standard InChI is InChI=1S/C17H28N2O2/c1-3-4-11-19(13-15-8-6-10-18-15)12-14-7-5-9-16(21-2)17(14)20/h5,7,9,15,18,20H,3-4,6,8,10-13H2,1-2H3. The monoisotopic (exact) mass is 292 g/mol. The van der Waals surface area contributed by atoms with Gasteiger partial charge in [0, 0.05) is 24.7 Å². The van der Waals surface area contributed by atoms with Crippen molar-refractivity contribution < 1.29 is 9.84 Å². The highest BCUT2D eigenvalue weighted by Gasteiger charge is 2.19. The minimum Gasteiger partial charge on any atom is -0.504 e. The first kappa shape index (κ1) is 16.1. The third-order valence-electron chi connectivity index (χ3n) is 4.17. The summed E-state index contributed by atoms with van der Waals surface area (Å²) in [6, 6.07) is 6.32. The second-order valence-electron chi connectivity index (χ2n) is 5.85. The number of hydrogen-bond acceptors (Lipinski definition) is 4. The predicted molar refractivity (Wildman–Crippen MR) is 85.9 cm³/mol. The van der Waals surface area contributed by atoms with Gasteiger partial charge in [-0.1, -0.05) is 25.5 Å².